The average molecular weight is 297 g/mol. The van der Waals surface area contributed by atoms with Gasteiger partial charge in [0.25, 0.3) is 5.91 Å². The number of hydrogen-bond acceptors (Lipinski definition) is 3. The summed E-state index contributed by atoms with van der Waals surface area (Å²) in [5, 5.41) is 12.5. The van der Waals surface area contributed by atoms with E-state index in [1.54, 1.807) is 19.2 Å². The highest BCUT2D eigenvalue weighted by Crippen LogP contribution is 2.26. The molecule has 0 aliphatic carbocycles. The second-order valence-corrected chi connectivity index (χ2v) is 4.68. The number of phenolic OH excluding ortho intramolecular Hbond substituents is 1. The minimum Gasteiger partial charge on any atom is -0.508 e. The van der Waals surface area contributed by atoms with Gasteiger partial charge >= 0.3 is 0 Å². The molecule has 0 atom stereocenters. The van der Waals surface area contributed by atoms with Crippen molar-refractivity contribution in [2.24, 2.45) is 0 Å². The molecule has 0 spiro atoms. The summed E-state index contributed by atoms with van der Waals surface area (Å²) in [5.41, 5.74) is 1.37. The minimum atomic E-state index is -0.459. The van der Waals surface area contributed by atoms with Gasteiger partial charge in [-0.3, -0.25) is 4.79 Å². The van der Waals surface area contributed by atoms with Crippen molar-refractivity contribution < 1.29 is 9.90 Å². The van der Waals surface area contributed by atoms with Crippen molar-refractivity contribution in [2.75, 3.05) is 5.32 Å². The van der Waals surface area contributed by atoms with E-state index in [2.05, 4.69) is 10.3 Å². The first-order valence-electron chi connectivity index (χ1n) is 5.40. The van der Waals surface area contributed by atoms with Crippen molar-refractivity contribution in [1.29, 1.82) is 0 Å². The number of nitrogens with zero attached hydrogens (tertiary/aromatic N) is 1. The first kappa shape index (κ1) is 13.6. The molecule has 1 amide bonds. The molecule has 2 rings (SSSR count). The molecule has 2 aromatic rings. The van der Waals surface area contributed by atoms with Crippen molar-refractivity contribution in [1.82, 2.24) is 4.98 Å². The Balaban J connectivity index is 2.34. The second kappa shape index (κ2) is 5.47. The van der Waals surface area contributed by atoms with E-state index in [9.17, 15) is 9.90 Å². The van der Waals surface area contributed by atoms with Gasteiger partial charge in [-0.15, -0.1) is 0 Å². The summed E-state index contributed by atoms with van der Waals surface area (Å²) >= 11 is 11.8. The summed E-state index contributed by atoms with van der Waals surface area (Å²) in [6.45, 7) is 1.80. The maximum atomic E-state index is 12.1. The molecule has 0 saturated carbocycles. The summed E-state index contributed by atoms with van der Waals surface area (Å²) in [6.07, 6.45) is 1.55. The molecule has 2 N–H and O–H groups in total. The van der Waals surface area contributed by atoms with Crippen molar-refractivity contribution in [3.63, 3.8) is 0 Å². The van der Waals surface area contributed by atoms with Crippen LogP contribution in [0.15, 0.2) is 30.5 Å². The Morgan fingerprint density at radius 2 is 2.05 bits per heavy atom. The van der Waals surface area contributed by atoms with Crippen LogP contribution in [0.1, 0.15) is 15.9 Å². The molecule has 1 aromatic heterocycles. The lowest BCUT2D eigenvalue weighted by molar-refractivity contribution is 0.102. The molecular weight excluding hydrogens is 287 g/mol. The van der Waals surface area contributed by atoms with E-state index >= 15 is 0 Å². The van der Waals surface area contributed by atoms with E-state index in [0.717, 1.165) is 5.56 Å². The summed E-state index contributed by atoms with van der Waals surface area (Å²) in [5.74, 6) is -0.498. The highest BCUT2D eigenvalue weighted by atomic mass is 35.5. The van der Waals surface area contributed by atoms with E-state index in [1.807, 2.05) is 0 Å². The molecule has 0 saturated heterocycles. The Kier molecular flexibility index (Phi) is 3.93. The molecule has 98 valence electrons. The van der Waals surface area contributed by atoms with Gasteiger partial charge in [0, 0.05) is 6.20 Å². The third-order valence-electron chi connectivity index (χ3n) is 2.55. The minimum absolute atomic E-state index is 0.0384. The van der Waals surface area contributed by atoms with Crippen LogP contribution < -0.4 is 5.32 Å². The first-order valence-corrected chi connectivity index (χ1v) is 6.15. The van der Waals surface area contributed by atoms with Crippen molar-refractivity contribution in [2.45, 2.75) is 6.92 Å². The predicted molar refractivity (Wildman–Crippen MR) is 75.1 cm³/mol. The lowest BCUT2D eigenvalue weighted by Gasteiger charge is -2.10. The largest absolute Gasteiger partial charge is 0.508 e. The lowest BCUT2D eigenvalue weighted by Crippen LogP contribution is -2.14. The molecule has 0 bridgehead atoms. The topological polar surface area (TPSA) is 62.2 Å². The van der Waals surface area contributed by atoms with Gasteiger partial charge in [-0.1, -0.05) is 23.2 Å². The number of nitrogens with one attached hydrogen (secondary N) is 1. The van der Waals surface area contributed by atoms with Crippen LogP contribution in [0.5, 0.6) is 5.75 Å². The number of halogens is 2. The van der Waals surface area contributed by atoms with Gasteiger partial charge in [-0.05, 0) is 36.8 Å². The van der Waals surface area contributed by atoms with E-state index in [0.29, 0.717) is 5.69 Å². The number of carbonyl (C=O) groups excluding carboxylic acids is 1. The number of aryl methyl sites for hydroxylation is 1. The molecule has 6 heteroatoms. The average Bonchev–Trinajstić information content (AvgIpc) is 2.37. The van der Waals surface area contributed by atoms with E-state index < -0.39 is 5.91 Å². The molecule has 0 aliphatic rings. The number of aromatic hydroxyl groups is 1. The van der Waals surface area contributed by atoms with Crippen LogP contribution in [0.2, 0.25) is 10.2 Å². The monoisotopic (exact) mass is 296 g/mol. The molecule has 1 aromatic carbocycles. The van der Waals surface area contributed by atoms with Crippen molar-refractivity contribution in [3.05, 3.63) is 51.8 Å². The van der Waals surface area contributed by atoms with Crippen LogP contribution in [-0.2, 0) is 0 Å². The van der Waals surface area contributed by atoms with Crippen LogP contribution >= 0.6 is 23.2 Å². The maximum absolute atomic E-state index is 12.1. The van der Waals surface area contributed by atoms with Crippen molar-refractivity contribution >= 4 is 34.8 Å². The van der Waals surface area contributed by atoms with Gasteiger partial charge in [0.05, 0.1) is 16.3 Å². The quantitative estimate of drug-likeness (QED) is 0.832. The number of rotatable bonds is 2. The van der Waals surface area contributed by atoms with Crippen LogP contribution in [0, 0.1) is 6.92 Å². The molecular formula is C13H10Cl2N2O2. The number of anilines is 1. The molecule has 4 nitrogen and oxygen atoms in total. The fourth-order valence-electron chi connectivity index (χ4n) is 1.54. The number of carbonyl (C=O) groups is 1. The lowest BCUT2D eigenvalue weighted by atomic mass is 10.2. The molecule has 1 heterocycles. The molecule has 0 fully saturated rings. The SMILES string of the molecule is Cc1ccnc(Cl)c1NC(=O)c1cc(O)ccc1Cl. The standard InChI is InChI=1S/C13H10Cl2N2O2/c1-7-4-5-16-12(15)11(7)17-13(19)9-6-8(18)2-3-10(9)14/h2-6,18H,1H3,(H,17,19). The fourth-order valence-corrected chi connectivity index (χ4v) is 2.00. The number of hydrogen-bond donors (Lipinski definition) is 2. The van der Waals surface area contributed by atoms with Crippen LogP contribution in [0.25, 0.3) is 0 Å². The zero-order chi connectivity index (χ0) is 14.0. The first-order chi connectivity index (χ1) is 8.99. The third kappa shape index (κ3) is 2.97. The Morgan fingerprint density at radius 1 is 1.32 bits per heavy atom. The van der Waals surface area contributed by atoms with Gasteiger partial charge in [0.15, 0.2) is 5.15 Å². The summed E-state index contributed by atoms with van der Waals surface area (Å²) < 4.78 is 0. The Bertz CT molecular complexity index is 624. The van der Waals surface area contributed by atoms with Crippen molar-refractivity contribution in [3.8, 4) is 5.75 Å². The summed E-state index contributed by atoms with van der Waals surface area (Å²) in [6, 6.07) is 5.87. The van der Waals surface area contributed by atoms with Gasteiger partial charge in [-0.2, -0.15) is 0 Å². The van der Waals surface area contributed by atoms with E-state index in [1.165, 1.54) is 18.2 Å². The smallest absolute Gasteiger partial charge is 0.257 e. The zero-order valence-electron chi connectivity index (χ0n) is 9.95. The van der Waals surface area contributed by atoms with Gasteiger partial charge in [-0.25, -0.2) is 4.98 Å². The number of benzene rings is 1. The normalized spacial score (nSPS) is 10.3. The number of amides is 1. The van der Waals surface area contributed by atoms with E-state index in [-0.39, 0.29) is 21.5 Å². The maximum Gasteiger partial charge on any atom is 0.257 e. The highest BCUT2D eigenvalue weighted by Gasteiger charge is 2.14. The zero-order valence-corrected chi connectivity index (χ0v) is 11.5. The number of aromatic nitrogens is 1. The number of pyridine rings is 1. The summed E-state index contributed by atoms with van der Waals surface area (Å²) in [7, 11) is 0. The summed E-state index contributed by atoms with van der Waals surface area (Å²) in [4.78, 5) is 16.0. The molecule has 0 unspecified atom stereocenters. The third-order valence-corrected chi connectivity index (χ3v) is 3.16. The second-order valence-electron chi connectivity index (χ2n) is 3.91. The van der Waals surface area contributed by atoms with E-state index in [4.69, 9.17) is 23.2 Å². The molecule has 0 aliphatic heterocycles. The molecule has 0 radical (unpaired) electrons. The van der Waals surface area contributed by atoms with Crippen LogP contribution in [-0.4, -0.2) is 16.0 Å². The van der Waals surface area contributed by atoms with Gasteiger partial charge < -0.3 is 10.4 Å². The van der Waals surface area contributed by atoms with Crippen LogP contribution in [0.4, 0.5) is 5.69 Å². The Hall–Kier alpha value is -1.78. The molecule has 19 heavy (non-hydrogen) atoms. The van der Waals surface area contributed by atoms with Gasteiger partial charge in [0.2, 0.25) is 0 Å². The number of phenols is 1. The highest BCUT2D eigenvalue weighted by molar-refractivity contribution is 6.35. The Morgan fingerprint density at radius 3 is 2.74 bits per heavy atom. The fraction of sp³-hybridized carbons (Fsp3) is 0.0769. The van der Waals surface area contributed by atoms with Gasteiger partial charge in [0.1, 0.15) is 5.75 Å². The Labute approximate surface area is 120 Å². The van der Waals surface area contributed by atoms with Crippen LogP contribution in [0.3, 0.4) is 0 Å². The predicted octanol–water partition coefficient (Wildman–Crippen LogP) is 3.65.